The Morgan fingerprint density at radius 1 is 1.38 bits per heavy atom. The van der Waals surface area contributed by atoms with Gasteiger partial charge in [-0.25, -0.2) is 0 Å². The van der Waals surface area contributed by atoms with Gasteiger partial charge in [0.1, 0.15) is 5.69 Å². The number of benzene rings is 1. The van der Waals surface area contributed by atoms with E-state index in [-0.39, 0.29) is 12.1 Å². The van der Waals surface area contributed by atoms with Crippen molar-refractivity contribution in [1.82, 2.24) is 0 Å². The molecular weight excluding hydrogens is 291 g/mol. The highest BCUT2D eigenvalue weighted by molar-refractivity contribution is 5.93. The van der Waals surface area contributed by atoms with Crippen molar-refractivity contribution in [3.8, 4) is 0 Å². The van der Waals surface area contributed by atoms with Gasteiger partial charge >= 0.3 is 6.18 Å². The second kappa shape index (κ2) is 5.68. The van der Waals surface area contributed by atoms with Crippen LogP contribution in [0.2, 0.25) is 0 Å². The highest BCUT2D eigenvalue weighted by Crippen LogP contribution is 2.35. The van der Waals surface area contributed by atoms with Crippen LogP contribution in [0.25, 0.3) is 0 Å². The minimum atomic E-state index is -4.70. The summed E-state index contributed by atoms with van der Waals surface area (Å²) in [5, 5.41) is 13.0. The van der Waals surface area contributed by atoms with Gasteiger partial charge in [0.15, 0.2) is 0 Å². The molecule has 0 saturated carbocycles. The van der Waals surface area contributed by atoms with Crippen LogP contribution >= 0.6 is 0 Å². The van der Waals surface area contributed by atoms with Gasteiger partial charge in [-0.1, -0.05) is 0 Å². The number of anilines is 1. The van der Waals surface area contributed by atoms with Gasteiger partial charge in [0, 0.05) is 18.0 Å². The number of rotatable bonds is 4. The number of halogens is 3. The van der Waals surface area contributed by atoms with E-state index in [9.17, 15) is 28.1 Å². The highest BCUT2D eigenvalue weighted by Gasteiger charge is 2.33. The van der Waals surface area contributed by atoms with Crippen LogP contribution in [0.1, 0.15) is 25.8 Å². The number of amides is 1. The molecule has 0 unspecified atom stereocenters. The Balaban J connectivity index is 3.08. The molecule has 9 heteroatoms. The number of nitrogens with two attached hydrogens (primary N) is 1. The third-order valence-electron chi connectivity index (χ3n) is 2.41. The number of nitro benzene ring substituents is 1. The third kappa shape index (κ3) is 5.03. The molecule has 116 valence electrons. The average Bonchev–Trinajstić information content (AvgIpc) is 2.24. The van der Waals surface area contributed by atoms with Gasteiger partial charge in [0.2, 0.25) is 5.91 Å². The van der Waals surface area contributed by atoms with E-state index in [1.54, 1.807) is 13.8 Å². The molecule has 0 saturated heterocycles. The smallest absolute Gasteiger partial charge is 0.325 e. The quantitative estimate of drug-likeness (QED) is 0.660. The summed E-state index contributed by atoms with van der Waals surface area (Å²) in [4.78, 5) is 21.5. The van der Waals surface area contributed by atoms with Gasteiger partial charge in [0.05, 0.1) is 10.5 Å². The fourth-order valence-electron chi connectivity index (χ4n) is 1.57. The first-order chi connectivity index (χ1) is 9.40. The molecule has 1 aromatic rings. The Morgan fingerprint density at radius 2 is 1.95 bits per heavy atom. The summed E-state index contributed by atoms with van der Waals surface area (Å²) >= 11 is 0. The lowest BCUT2D eigenvalue weighted by Crippen LogP contribution is -2.36. The van der Waals surface area contributed by atoms with E-state index in [1.165, 1.54) is 0 Å². The number of hydrogen-bond acceptors (Lipinski definition) is 4. The van der Waals surface area contributed by atoms with Crippen molar-refractivity contribution in [3.05, 3.63) is 33.9 Å². The molecule has 0 aliphatic rings. The fourth-order valence-corrected chi connectivity index (χ4v) is 1.57. The first-order valence-corrected chi connectivity index (χ1v) is 5.84. The Hall–Kier alpha value is -2.16. The van der Waals surface area contributed by atoms with Crippen molar-refractivity contribution < 1.29 is 22.9 Å². The lowest BCUT2D eigenvalue weighted by Gasteiger charge is -2.17. The van der Waals surface area contributed by atoms with E-state index in [0.29, 0.717) is 12.1 Å². The summed E-state index contributed by atoms with van der Waals surface area (Å²) in [5.41, 5.74) is 2.49. The van der Waals surface area contributed by atoms with Crippen LogP contribution in [0.5, 0.6) is 0 Å². The zero-order valence-electron chi connectivity index (χ0n) is 11.3. The van der Waals surface area contributed by atoms with E-state index >= 15 is 0 Å². The minimum Gasteiger partial charge on any atom is -0.325 e. The van der Waals surface area contributed by atoms with Gasteiger partial charge in [-0.05, 0) is 26.0 Å². The third-order valence-corrected chi connectivity index (χ3v) is 2.41. The minimum absolute atomic E-state index is 0.134. The van der Waals surface area contributed by atoms with Crippen molar-refractivity contribution >= 4 is 17.3 Å². The molecule has 1 aromatic carbocycles. The maximum absolute atomic E-state index is 12.5. The molecule has 6 nitrogen and oxygen atoms in total. The maximum atomic E-state index is 12.5. The van der Waals surface area contributed by atoms with Gasteiger partial charge in [0.25, 0.3) is 5.69 Å². The fraction of sp³-hybridized carbons (Fsp3) is 0.417. The summed E-state index contributed by atoms with van der Waals surface area (Å²) < 4.78 is 37.6. The van der Waals surface area contributed by atoms with Gasteiger partial charge in [-0.3, -0.25) is 14.9 Å². The summed E-state index contributed by atoms with van der Waals surface area (Å²) in [6.07, 6.45) is -4.84. The second-order valence-electron chi connectivity index (χ2n) is 5.20. The summed E-state index contributed by atoms with van der Waals surface area (Å²) in [5.74, 6) is -0.620. The van der Waals surface area contributed by atoms with Gasteiger partial charge in [-0.15, -0.1) is 0 Å². The Kier molecular flexibility index (Phi) is 4.57. The number of alkyl halides is 3. The van der Waals surface area contributed by atoms with Crippen molar-refractivity contribution in [3.63, 3.8) is 0 Å². The predicted molar refractivity (Wildman–Crippen MR) is 69.6 cm³/mol. The molecule has 0 bridgehead atoms. The van der Waals surface area contributed by atoms with Crippen LogP contribution in [0.3, 0.4) is 0 Å². The normalized spacial score (nSPS) is 12.1. The lowest BCUT2D eigenvalue weighted by molar-refractivity contribution is -0.384. The molecule has 0 aromatic heterocycles. The van der Waals surface area contributed by atoms with Crippen molar-refractivity contribution in [1.29, 1.82) is 0 Å². The molecule has 0 atom stereocenters. The Labute approximate surface area is 118 Å². The second-order valence-corrected chi connectivity index (χ2v) is 5.20. The van der Waals surface area contributed by atoms with E-state index in [1.807, 2.05) is 0 Å². The summed E-state index contributed by atoms with van der Waals surface area (Å²) in [6, 6.07) is 1.89. The number of carbonyl (C=O) groups excluding carboxylic acids is 1. The Bertz CT molecular complexity index is 565. The number of nitrogens with one attached hydrogen (secondary N) is 1. The van der Waals surface area contributed by atoms with E-state index in [2.05, 4.69) is 5.32 Å². The molecule has 3 N–H and O–H groups in total. The summed E-state index contributed by atoms with van der Waals surface area (Å²) in [6.45, 7) is 3.15. The number of nitro groups is 1. The van der Waals surface area contributed by atoms with Crippen molar-refractivity contribution in [2.75, 3.05) is 5.32 Å². The number of hydrogen-bond donors (Lipinski definition) is 2. The highest BCUT2D eigenvalue weighted by atomic mass is 19.4. The molecule has 1 rings (SSSR count). The van der Waals surface area contributed by atoms with Crippen molar-refractivity contribution in [2.24, 2.45) is 5.73 Å². The number of carbonyl (C=O) groups is 1. The summed E-state index contributed by atoms with van der Waals surface area (Å²) in [7, 11) is 0. The molecule has 0 heterocycles. The molecule has 1 amide bonds. The SMILES string of the molecule is CC(C)(N)CC(=O)Nc1ccc(C(F)(F)F)cc1[N+](=O)[O-]. The molecule has 21 heavy (non-hydrogen) atoms. The standard InChI is InChI=1S/C12H14F3N3O3/c1-11(2,16)6-10(19)17-8-4-3-7(12(13,14)15)5-9(8)18(20)21/h3-5H,6,16H2,1-2H3,(H,17,19). The van der Waals surface area contributed by atoms with Crippen LogP contribution in [-0.4, -0.2) is 16.4 Å². The number of nitrogens with zero attached hydrogens (tertiary/aromatic N) is 1. The Morgan fingerprint density at radius 3 is 2.38 bits per heavy atom. The van der Waals surface area contributed by atoms with Crippen LogP contribution in [0, 0.1) is 10.1 Å². The average molecular weight is 305 g/mol. The molecule has 0 spiro atoms. The topological polar surface area (TPSA) is 98.3 Å². The van der Waals surface area contributed by atoms with Gasteiger partial charge in [-0.2, -0.15) is 13.2 Å². The molecule has 0 aliphatic carbocycles. The maximum Gasteiger partial charge on any atom is 0.416 e. The predicted octanol–water partition coefficient (Wildman–Crippen LogP) is 2.68. The van der Waals surface area contributed by atoms with E-state index < -0.39 is 33.8 Å². The van der Waals surface area contributed by atoms with E-state index in [0.717, 1.165) is 6.07 Å². The molecule has 0 aliphatic heterocycles. The largest absolute Gasteiger partial charge is 0.416 e. The molecule has 0 radical (unpaired) electrons. The van der Waals surface area contributed by atoms with Crippen molar-refractivity contribution in [2.45, 2.75) is 32.0 Å². The first kappa shape index (κ1) is 16.9. The monoisotopic (exact) mass is 305 g/mol. The zero-order valence-corrected chi connectivity index (χ0v) is 11.3. The van der Waals surface area contributed by atoms with Gasteiger partial charge < -0.3 is 11.1 Å². The molecule has 0 fully saturated rings. The van der Waals surface area contributed by atoms with E-state index in [4.69, 9.17) is 5.73 Å². The van der Waals surface area contributed by atoms with Crippen LogP contribution < -0.4 is 11.1 Å². The van der Waals surface area contributed by atoms with Crippen LogP contribution in [0.4, 0.5) is 24.5 Å². The van der Waals surface area contributed by atoms with Crippen LogP contribution in [-0.2, 0) is 11.0 Å². The van der Waals surface area contributed by atoms with Crippen LogP contribution in [0.15, 0.2) is 18.2 Å². The lowest BCUT2D eigenvalue weighted by atomic mass is 10.0. The zero-order chi connectivity index (χ0) is 16.4. The first-order valence-electron chi connectivity index (χ1n) is 5.84. The molecular formula is C12H14F3N3O3.